The van der Waals surface area contributed by atoms with Gasteiger partial charge in [-0.1, -0.05) is 31.5 Å². The first-order chi connectivity index (χ1) is 12.0. The highest BCUT2D eigenvalue weighted by Gasteiger charge is 2.23. The second-order valence-electron chi connectivity index (χ2n) is 6.27. The Hall–Kier alpha value is -2.60. The van der Waals surface area contributed by atoms with Gasteiger partial charge in [0.05, 0.1) is 6.04 Å². The van der Waals surface area contributed by atoms with Gasteiger partial charge in [0.2, 0.25) is 0 Å². The van der Waals surface area contributed by atoms with Gasteiger partial charge in [0.15, 0.2) is 11.5 Å². The molecule has 0 saturated heterocycles. The van der Waals surface area contributed by atoms with Crippen molar-refractivity contribution in [3.8, 4) is 0 Å². The summed E-state index contributed by atoms with van der Waals surface area (Å²) in [5.41, 5.74) is 2.37. The number of halogens is 1. The lowest BCUT2D eigenvalue weighted by atomic mass is 10.0. The molecular weight excluding hydrogens is 338 g/mol. The Labute approximate surface area is 151 Å². The van der Waals surface area contributed by atoms with Gasteiger partial charge in [-0.15, -0.1) is 10.2 Å². The third-order valence-electron chi connectivity index (χ3n) is 4.01. The number of aromatic nitrogens is 3. The first kappa shape index (κ1) is 17.2. The maximum atomic E-state index is 12.5. The molecule has 7 heteroatoms. The highest BCUT2D eigenvalue weighted by Crippen LogP contribution is 2.22. The number of nitrogens with zero attached hydrogens (tertiary/aromatic N) is 3. The molecule has 0 bridgehead atoms. The molecule has 1 atom stereocenters. The van der Waals surface area contributed by atoms with Crippen LogP contribution in [0.2, 0.25) is 5.02 Å². The van der Waals surface area contributed by atoms with E-state index in [9.17, 15) is 4.79 Å². The molecule has 0 radical (unpaired) electrons. The monoisotopic (exact) mass is 357 g/mol. The second-order valence-corrected chi connectivity index (χ2v) is 6.70. The lowest BCUT2D eigenvalue weighted by Crippen LogP contribution is -2.36. The van der Waals surface area contributed by atoms with Crippen molar-refractivity contribution in [3.63, 3.8) is 0 Å². The molecule has 25 heavy (non-hydrogen) atoms. The van der Waals surface area contributed by atoms with Crippen molar-refractivity contribution in [1.29, 1.82) is 0 Å². The number of nitrogens with one attached hydrogen (secondary N) is 2. The minimum absolute atomic E-state index is 0.143. The zero-order valence-corrected chi connectivity index (χ0v) is 15.1. The molecule has 130 valence electrons. The Balaban J connectivity index is 1.81. The van der Waals surface area contributed by atoms with E-state index in [1.165, 1.54) is 0 Å². The van der Waals surface area contributed by atoms with E-state index in [1.54, 1.807) is 12.1 Å². The Morgan fingerprint density at radius 3 is 2.72 bits per heavy atom. The van der Waals surface area contributed by atoms with Crippen molar-refractivity contribution in [2.24, 2.45) is 5.92 Å². The number of aryl methyl sites for hydroxylation is 1. The van der Waals surface area contributed by atoms with Gasteiger partial charge < -0.3 is 10.6 Å². The molecule has 2 N–H and O–H groups in total. The Kier molecular flexibility index (Phi) is 4.90. The van der Waals surface area contributed by atoms with Gasteiger partial charge in [0.25, 0.3) is 0 Å². The SMILES string of the molecule is Cc1cc(Cl)ccc1NC(=O)NC(c1nnc2ccccn12)C(C)C. The van der Waals surface area contributed by atoms with Crippen LogP contribution >= 0.6 is 11.6 Å². The zero-order chi connectivity index (χ0) is 18.0. The normalized spacial score (nSPS) is 12.4. The third kappa shape index (κ3) is 3.74. The van der Waals surface area contributed by atoms with Gasteiger partial charge >= 0.3 is 6.03 Å². The Morgan fingerprint density at radius 1 is 1.20 bits per heavy atom. The summed E-state index contributed by atoms with van der Waals surface area (Å²) >= 11 is 5.96. The average Bonchev–Trinajstić information content (AvgIpc) is 2.99. The van der Waals surface area contributed by atoms with Crippen LogP contribution in [0.5, 0.6) is 0 Å². The van der Waals surface area contributed by atoms with Crippen molar-refractivity contribution in [2.45, 2.75) is 26.8 Å². The fourth-order valence-corrected chi connectivity index (χ4v) is 2.89. The molecule has 0 spiro atoms. The average molecular weight is 358 g/mol. The lowest BCUT2D eigenvalue weighted by Gasteiger charge is -2.21. The summed E-state index contributed by atoms with van der Waals surface area (Å²) < 4.78 is 1.89. The first-order valence-corrected chi connectivity index (χ1v) is 8.47. The molecular formula is C18H20ClN5O. The summed E-state index contributed by atoms with van der Waals surface area (Å²) in [6, 6.07) is 10.5. The third-order valence-corrected chi connectivity index (χ3v) is 4.24. The fraction of sp³-hybridized carbons (Fsp3) is 0.278. The van der Waals surface area contributed by atoms with Gasteiger partial charge in [-0.3, -0.25) is 4.40 Å². The van der Waals surface area contributed by atoms with Gasteiger partial charge in [0, 0.05) is 16.9 Å². The van der Waals surface area contributed by atoms with Crippen LogP contribution in [0.4, 0.5) is 10.5 Å². The molecule has 0 saturated carbocycles. The van der Waals surface area contributed by atoms with Crippen LogP contribution in [0.1, 0.15) is 31.3 Å². The van der Waals surface area contributed by atoms with Crippen LogP contribution < -0.4 is 10.6 Å². The molecule has 6 nitrogen and oxygen atoms in total. The highest BCUT2D eigenvalue weighted by atomic mass is 35.5. The van der Waals surface area contributed by atoms with E-state index >= 15 is 0 Å². The van der Waals surface area contributed by atoms with E-state index in [4.69, 9.17) is 11.6 Å². The van der Waals surface area contributed by atoms with E-state index < -0.39 is 0 Å². The number of hydrogen-bond acceptors (Lipinski definition) is 3. The predicted octanol–water partition coefficient (Wildman–Crippen LogP) is 4.21. The predicted molar refractivity (Wildman–Crippen MR) is 98.9 cm³/mol. The van der Waals surface area contributed by atoms with Crippen LogP contribution in [0.15, 0.2) is 42.6 Å². The molecule has 0 fully saturated rings. The van der Waals surface area contributed by atoms with E-state index in [1.807, 2.05) is 55.6 Å². The number of urea groups is 1. The molecule has 3 rings (SSSR count). The van der Waals surface area contributed by atoms with E-state index in [0.29, 0.717) is 10.8 Å². The lowest BCUT2D eigenvalue weighted by molar-refractivity contribution is 0.243. The molecule has 0 aliphatic carbocycles. The maximum absolute atomic E-state index is 12.5. The largest absolute Gasteiger partial charge is 0.328 e. The summed E-state index contributed by atoms with van der Waals surface area (Å²) in [4.78, 5) is 12.5. The van der Waals surface area contributed by atoms with Crippen molar-refractivity contribution < 1.29 is 4.79 Å². The number of rotatable bonds is 4. The number of benzene rings is 1. The van der Waals surface area contributed by atoms with E-state index in [0.717, 1.165) is 16.9 Å². The van der Waals surface area contributed by atoms with Gasteiger partial charge in [-0.25, -0.2) is 4.79 Å². The Morgan fingerprint density at radius 2 is 2.00 bits per heavy atom. The van der Waals surface area contributed by atoms with Gasteiger partial charge in [-0.2, -0.15) is 0 Å². The molecule has 2 heterocycles. The van der Waals surface area contributed by atoms with Crippen LogP contribution in [-0.2, 0) is 0 Å². The number of fused-ring (bicyclic) bond motifs is 1. The summed E-state index contributed by atoms with van der Waals surface area (Å²) in [5.74, 6) is 0.846. The molecule has 1 unspecified atom stereocenters. The fourth-order valence-electron chi connectivity index (χ4n) is 2.67. The number of amides is 2. The van der Waals surface area contributed by atoms with Gasteiger partial charge in [-0.05, 0) is 48.7 Å². The Bertz CT molecular complexity index is 905. The molecule has 1 aromatic carbocycles. The number of hydrogen-bond donors (Lipinski definition) is 2. The highest BCUT2D eigenvalue weighted by molar-refractivity contribution is 6.30. The molecule has 0 aliphatic rings. The topological polar surface area (TPSA) is 71.3 Å². The number of pyridine rings is 1. The maximum Gasteiger partial charge on any atom is 0.319 e. The van der Waals surface area contributed by atoms with Crippen LogP contribution in [0.3, 0.4) is 0 Å². The first-order valence-electron chi connectivity index (χ1n) is 8.09. The van der Waals surface area contributed by atoms with Gasteiger partial charge in [0.1, 0.15) is 0 Å². The second kappa shape index (κ2) is 7.11. The number of carbonyl (C=O) groups is 1. The standard InChI is InChI=1S/C18H20ClN5O/c1-11(2)16(17-23-22-15-6-4-5-9-24(15)17)21-18(25)20-14-8-7-13(19)10-12(14)3/h4-11,16H,1-3H3,(H2,20,21,25). The summed E-state index contributed by atoms with van der Waals surface area (Å²) in [6.07, 6.45) is 1.89. The molecule has 2 aromatic heterocycles. The van der Waals surface area contributed by atoms with Crippen LogP contribution in [-0.4, -0.2) is 20.6 Å². The summed E-state index contributed by atoms with van der Waals surface area (Å²) in [5, 5.41) is 14.9. The number of anilines is 1. The molecule has 0 aliphatic heterocycles. The minimum atomic E-state index is -0.295. The number of carbonyl (C=O) groups excluding carboxylic acids is 1. The van der Waals surface area contributed by atoms with Crippen molar-refractivity contribution in [3.05, 3.63) is 59.0 Å². The molecule has 2 amide bonds. The summed E-state index contributed by atoms with van der Waals surface area (Å²) in [6.45, 7) is 5.96. The van der Waals surface area contributed by atoms with Crippen LogP contribution in [0, 0.1) is 12.8 Å². The zero-order valence-electron chi connectivity index (χ0n) is 14.3. The summed E-state index contributed by atoms with van der Waals surface area (Å²) in [7, 11) is 0. The van der Waals surface area contributed by atoms with E-state index in [2.05, 4.69) is 20.8 Å². The van der Waals surface area contributed by atoms with Crippen molar-refractivity contribution in [2.75, 3.05) is 5.32 Å². The smallest absolute Gasteiger partial charge is 0.319 e. The minimum Gasteiger partial charge on any atom is -0.328 e. The van der Waals surface area contributed by atoms with Crippen molar-refractivity contribution in [1.82, 2.24) is 19.9 Å². The van der Waals surface area contributed by atoms with Crippen molar-refractivity contribution >= 4 is 29.0 Å². The van der Waals surface area contributed by atoms with E-state index in [-0.39, 0.29) is 18.0 Å². The molecule has 3 aromatic rings. The quantitative estimate of drug-likeness (QED) is 0.734. The van der Waals surface area contributed by atoms with Crippen LogP contribution in [0.25, 0.3) is 5.65 Å².